The number of hydrogen-bond donors (Lipinski definition) is 1. The Bertz CT molecular complexity index is 683. The Morgan fingerprint density at radius 1 is 0.840 bits per heavy atom. The Balaban J connectivity index is 0.000000293. The predicted molar refractivity (Wildman–Crippen MR) is 103 cm³/mol. The molecule has 0 aromatic heterocycles. The Morgan fingerprint density at radius 3 is 1.60 bits per heavy atom. The SMILES string of the molecule is CC(C)(C)[Si](C)(C)Oc1ccc(C=O)cc1.O=Cc1ccc(O)cc1. The van der Waals surface area contributed by atoms with Crippen LogP contribution in [0.4, 0.5) is 0 Å². The van der Waals surface area contributed by atoms with E-state index in [1.165, 1.54) is 12.1 Å². The summed E-state index contributed by atoms with van der Waals surface area (Å²) >= 11 is 0. The molecule has 0 saturated heterocycles. The molecule has 1 N–H and O–H groups in total. The van der Waals surface area contributed by atoms with Crippen LogP contribution in [0.1, 0.15) is 41.5 Å². The second kappa shape index (κ2) is 8.62. The van der Waals surface area contributed by atoms with Crippen LogP contribution < -0.4 is 4.43 Å². The van der Waals surface area contributed by atoms with Crippen LogP contribution >= 0.6 is 0 Å². The second-order valence-electron chi connectivity index (χ2n) is 7.26. The molecule has 2 aromatic carbocycles. The topological polar surface area (TPSA) is 63.6 Å². The fraction of sp³-hybridized carbons (Fsp3) is 0.300. The first-order chi connectivity index (χ1) is 11.6. The van der Waals surface area contributed by atoms with E-state index in [2.05, 4.69) is 33.9 Å². The van der Waals surface area contributed by atoms with Gasteiger partial charge in [0.15, 0.2) is 0 Å². The monoisotopic (exact) mass is 358 g/mol. The third-order valence-corrected chi connectivity index (χ3v) is 8.58. The lowest BCUT2D eigenvalue weighted by Crippen LogP contribution is -2.43. The fourth-order valence-corrected chi connectivity index (χ4v) is 2.65. The zero-order chi connectivity index (χ0) is 19.1. The number of carbonyl (C=O) groups excluding carboxylic acids is 2. The van der Waals surface area contributed by atoms with Gasteiger partial charge in [0.1, 0.15) is 24.1 Å². The van der Waals surface area contributed by atoms with Crippen LogP contribution in [0.5, 0.6) is 11.5 Å². The highest BCUT2D eigenvalue weighted by Crippen LogP contribution is 2.37. The number of rotatable bonds is 4. The molecule has 0 amide bonds. The van der Waals surface area contributed by atoms with Gasteiger partial charge >= 0.3 is 0 Å². The van der Waals surface area contributed by atoms with Gasteiger partial charge in [-0.25, -0.2) is 0 Å². The molecule has 0 aliphatic heterocycles. The molecule has 0 fully saturated rings. The van der Waals surface area contributed by atoms with E-state index in [0.29, 0.717) is 11.1 Å². The number of phenolic OH excluding ortho intramolecular Hbond substituents is 1. The third kappa shape index (κ3) is 6.55. The summed E-state index contributed by atoms with van der Waals surface area (Å²) in [4.78, 5) is 20.6. The third-order valence-electron chi connectivity index (χ3n) is 4.22. The van der Waals surface area contributed by atoms with E-state index in [9.17, 15) is 9.59 Å². The van der Waals surface area contributed by atoms with Crippen molar-refractivity contribution in [3.63, 3.8) is 0 Å². The standard InChI is InChI=1S/C13H20O2Si.C7H6O2/c1-13(2,3)16(4,5)15-12-8-6-11(10-14)7-9-12;8-5-6-1-3-7(9)4-2-6/h6-10H,1-5H3;1-5,9H. The predicted octanol–water partition coefficient (Wildman–Crippen LogP) is 5.09. The Labute approximate surface area is 150 Å². The average Bonchev–Trinajstić information content (AvgIpc) is 2.55. The number of benzene rings is 2. The van der Waals surface area contributed by atoms with Crippen molar-refractivity contribution < 1.29 is 19.1 Å². The van der Waals surface area contributed by atoms with Gasteiger partial charge in [0.25, 0.3) is 0 Å². The normalized spacial score (nSPS) is 11.1. The van der Waals surface area contributed by atoms with Gasteiger partial charge < -0.3 is 9.53 Å². The summed E-state index contributed by atoms with van der Waals surface area (Å²) in [5, 5.41) is 8.93. The maximum Gasteiger partial charge on any atom is 0.250 e. The van der Waals surface area contributed by atoms with Crippen LogP contribution in [0.15, 0.2) is 48.5 Å². The summed E-state index contributed by atoms with van der Waals surface area (Å²) < 4.78 is 6.09. The van der Waals surface area contributed by atoms with Gasteiger partial charge in [-0.2, -0.15) is 0 Å². The van der Waals surface area contributed by atoms with Crippen LogP contribution in [-0.4, -0.2) is 26.0 Å². The highest BCUT2D eigenvalue weighted by atomic mass is 28.4. The summed E-state index contributed by atoms with van der Waals surface area (Å²) in [5.41, 5.74) is 1.26. The van der Waals surface area contributed by atoms with Crippen molar-refractivity contribution in [1.82, 2.24) is 0 Å². The second-order valence-corrected chi connectivity index (χ2v) is 12.0. The maximum atomic E-state index is 10.5. The smallest absolute Gasteiger partial charge is 0.250 e. The van der Waals surface area contributed by atoms with Crippen molar-refractivity contribution >= 4 is 20.9 Å². The van der Waals surface area contributed by atoms with Crippen molar-refractivity contribution in [3.8, 4) is 11.5 Å². The zero-order valence-corrected chi connectivity index (χ0v) is 16.4. The maximum absolute atomic E-state index is 10.5. The molecule has 0 saturated carbocycles. The highest BCUT2D eigenvalue weighted by molar-refractivity contribution is 6.74. The molecule has 0 atom stereocenters. The minimum Gasteiger partial charge on any atom is -0.544 e. The van der Waals surface area contributed by atoms with Crippen molar-refractivity contribution in [3.05, 3.63) is 59.7 Å². The largest absolute Gasteiger partial charge is 0.544 e. The molecule has 4 nitrogen and oxygen atoms in total. The summed E-state index contributed by atoms with van der Waals surface area (Å²) in [7, 11) is -1.76. The average molecular weight is 359 g/mol. The van der Waals surface area contributed by atoms with Crippen LogP contribution in [0.25, 0.3) is 0 Å². The number of hydrogen-bond acceptors (Lipinski definition) is 4. The number of aldehydes is 2. The van der Waals surface area contributed by atoms with Gasteiger partial charge in [0.2, 0.25) is 8.32 Å². The van der Waals surface area contributed by atoms with E-state index in [4.69, 9.17) is 9.53 Å². The minimum atomic E-state index is -1.76. The van der Waals surface area contributed by atoms with Crippen LogP contribution in [0, 0.1) is 0 Å². The van der Waals surface area contributed by atoms with Crippen molar-refractivity contribution in [2.45, 2.75) is 38.9 Å². The lowest BCUT2D eigenvalue weighted by Gasteiger charge is -2.36. The number of phenols is 1. The first kappa shape index (κ1) is 20.6. The molecule has 25 heavy (non-hydrogen) atoms. The lowest BCUT2D eigenvalue weighted by atomic mass is 10.2. The van der Waals surface area contributed by atoms with E-state index < -0.39 is 8.32 Å². The Morgan fingerprint density at radius 2 is 1.24 bits per heavy atom. The van der Waals surface area contributed by atoms with Gasteiger partial charge in [-0.05, 0) is 66.7 Å². The molecule has 0 spiro atoms. The molecule has 0 aliphatic carbocycles. The molecular formula is C20H26O4Si. The molecule has 0 aliphatic rings. The van der Waals surface area contributed by atoms with E-state index in [0.717, 1.165) is 18.3 Å². The van der Waals surface area contributed by atoms with E-state index in [-0.39, 0.29) is 10.8 Å². The molecule has 2 aromatic rings. The van der Waals surface area contributed by atoms with Gasteiger partial charge in [0.05, 0.1) is 0 Å². The first-order valence-electron chi connectivity index (χ1n) is 8.07. The van der Waals surface area contributed by atoms with Crippen molar-refractivity contribution in [2.75, 3.05) is 0 Å². The van der Waals surface area contributed by atoms with Gasteiger partial charge in [-0.15, -0.1) is 0 Å². The lowest BCUT2D eigenvalue weighted by molar-refractivity contribution is 0.111. The van der Waals surface area contributed by atoms with Crippen LogP contribution in [-0.2, 0) is 0 Å². The van der Waals surface area contributed by atoms with E-state index >= 15 is 0 Å². The summed E-state index contributed by atoms with van der Waals surface area (Å²) in [6.07, 6.45) is 1.58. The molecular weight excluding hydrogens is 332 g/mol. The molecule has 0 bridgehead atoms. The van der Waals surface area contributed by atoms with E-state index in [1.807, 2.05) is 12.1 Å². The fourth-order valence-electron chi connectivity index (χ4n) is 1.62. The van der Waals surface area contributed by atoms with Crippen LogP contribution in [0.2, 0.25) is 18.1 Å². The highest BCUT2D eigenvalue weighted by Gasteiger charge is 2.38. The summed E-state index contributed by atoms with van der Waals surface area (Å²) in [5.74, 6) is 1.04. The molecule has 0 unspecified atom stereocenters. The van der Waals surface area contributed by atoms with Crippen LogP contribution in [0.3, 0.4) is 0 Å². The number of aromatic hydroxyl groups is 1. The molecule has 134 valence electrons. The zero-order valence-electron chi connectivity index (χ0n) is 15.4. The van der Waals surface area contributed by atoms with Crippen molar-refractivity contribution in [1.29, 1.82) is 0 Å². The van der Waals surface area contributed by atoms with Gasteiger partial charge in [-0.3, -0.25) is 9.59 Å². The first-order valence-corrected chi connectivity index (χ1v) is 11.0. The summed E-state index contributed by atoms with van der Waals surface area (Å²) in [6, 6.07) is 13.4. The summed E-state index contributed by atoms with van der Waals surface area (Å²) in [6.45, 7) is 11.0. The molecule has 0 heterocycles. The van der Waals surface area contributed by atoms with E-state index in [1.54, 1.807) is 24.3 Å². The molecule has 5 heteroatoms. The Hall–Kier alpha value is -2.40. The number of carbonyl (C=O) groups is 2. The molecule has 2 rings (SSSR count). The van der Waals surface area contributed by atoms with Crippen molar-refractivity contribution in [2.24, 2.45) is 0 Å². The quantitative estimate of drug-likeness (QED) is 0.611. The van der Waals surface area contributed by atoms with Gasteiger partial charge in [0, 0.05) is 11.1 Å². The molecule has 0 radical (unpaired) electrons. The van der Waals surface area contributed by atoms with Gasteiger partial charge in [-0.1, -0.05) is 20.8 Å². The Kier molecular flexibility index (Phi) is 7.12. The minimum absolute atomic E-state index is 0.181.